The number of amides is 1. The molecule has 2 aromatic rings. The first-order valence-corrected chi connectivity index (χ1v) is 9.66. The number of hydrogen-bond acceptors (Lipinski definition) is 4. The van der Waals surface area contributed by atoms with Crippen LogP contribution in [0.15, 0.2) is 36.0 Å². The van der Waals surface area contributed by atoms with E-state index in [1.165, 1.54) is 17.3 Å². The molecule has 1 aromatic carbocycles. The van der Waals surface area contributed by atoms with Gasteiger partial charge in [0.1, 0.15) is 0 Å². The van der Waals surface area contributed by atoms with Gasteiger partial charge in [-0.1, -0.05) is 25.1 Å². The zero-order valence-corrected chi connectivity index (χ0v) is 16.0. The Kier molecular flexibility index (Phi) is 4.59. The van der Waals surface area contributed by atoms with Crippen LogP contribution in [0.4, 0.5) is 0 Å². The van der Waals surface area contributed by atoms with E-state index in [-0.39, 0.29) is 5.92 Å². The Morgan fingerprint density at radius 2 is 1.86 bits per heavy atom. The van der Waals surface area contributed by atoms with Crippen LogP contribution in [0.5, 0.6) is 0 Å². The van der Waals surface area contributed by atoms with Crippen molar-refractivity contribution in [1.82, 2.24) is 4.98 Å². The number of benzene rings is 1. The summed E-state index contributed by atoms with van der Waals surface area (Å²) in [6.07, 6.45) is 9.59. The minimum atomic E-state index is -0.434. The van der Waals surface area contributed by atoms with E-state index in [1.807, 2.05) is 31.2 Å². The molecule has 1 heterocycles. The topological polar surface area (TPSA) is 106 Å². The van der Waals surface area contributed by atoms with Crippen molar-refractivity contribution < 1.29 is 4.79 Å². The van der Waals surface area contributed by atoms with Crippen molar-refractivity contribution in [3.8, 4) is 11.3 Å². The Balaban J connectivity index is 1.98. The van der Waals surface area contributed by atoms with Gasteiger partial charge in [-0.05, 0) is 55.0 Å². The largest absolute Gasteiger partial charge is 0.401 e. The lowest BCUT2D eigenvalue weighted by Crippen LogP contribution is -2.15. The molecule has 1 amide bonds. The first-order valence-electron chi connectivity index (χ1n) is 9.66. The van der Waals surface area contributed by atoms with Crippen LogP contribution in [0.25, 0.3) is 22.9 Å². The molecule has 5 nitrogen and oxygen atoms in total. The second-order valence-electron chi connectivity index (χ2n) is 7.49. The first-order chi connectivity index (χ1) is 13.5. The molecule has 1 unspecified atom stereocenters. The molecular weight excluding hydrogens is 348 g/mol. The highest BCUT2D eigenvalue weighted by Crippen LogP contribution is 2.39. The molecule has 0 bridgehead atoms. The van der Waals surface area contributed by atoms with Gasteiger partial charge in [0.2, 0.25) is 5.91 Å². The number of fused-ring (bicyclic) bond motifs is 3. The summed E-state index contributed by atoms with van der Waals surface area (Å²) in [5.41, 5.74) is 20.0. The second-order valence-corrected chi connectivity index (χ2v) is 7.49. The highest BCUT2D eigenvalue weighted by molar-refractivity contribution is 6.12. The molecule has 0 fully saturated rings. The quantitative estimate of drug-likeness (QED) is 0.715. The number of carbonyl (C=O) groups is 1. The Labute approximate surface area is 164 Å². The Hall–Kier alpha value is -3.21. The number of pyridine rings is 1. The number of primary amides is 1. The van der Waals surface area contributed by atoms with E-state index in [0.717, 1.165) is 59.5 Å². The average Bonchev–Trinajstić information content (AvgIpc) is 2.84. The second kappa shape index (κ2) is 7.08. The van der Waals surface area contributed by atoms with E-state index in [9.17, 15) is 4.79 Å². The average molecular weight is 372 g/mol. The van der Waals surface area contributed by atoms with Gasteiger partial charge in [-0.2, -0.15) is 0 Å². The van der Waals surface area contributed by atoms with Crippen LogP contribution in [-0.2, 0) is 12.8 Å². The maximum absolute atomic E-state index is 11.4. The summed E-state index contributed by atoms with van der Waals surface area (Å²) in [6.45, 7) is 2.04. The smallest absolute Gasteiger partial charge is 0.248 e. The SMILES string of the molecule is CC1C=Cc2nc(-c3ccc(C(N)=O)cc3)c3c(c2C(C=N)=C1N)CCCC3. The van der Waals surface area contributed by atoms with E-state index in [0.29, 0.717) is 5.56 Å². The van der Waals surface area contributed by atoms with E-state index in [4.69, 9.17) is 21.9 Å². The summed E-state index contributed by atoms with van der Waals surface area (Å²) in [5.74, 6) is -0.375. The lowest BCUT2D eigenvalue weighted by molar-refractivity contribution is 0.100. The van der Waals surface area contributed by atoms with Crippen molar-refractivity contribution in [2.75, 3.05) is 0 Å². The highest BCUT2D eigenvalue weighted by atomic mass is 16.1. The molecule has 0 aliphatic heterocycles. The van der Waals surface area contributed by atoms with Gasteiger partial charge in [0.05, 0.1) is 11.4 Å². The monoisotopic (exact) mass is 372 g/mol. The number of aromatic nitrogens is 1. The molecule has 2 aliphatic carbocycles. The Morgan fingerprint density at radius 3 is 2.50 bits per heavy atom. The molecule has 4 rings (SSSR count). The number of hydrogen-bond donors (Lipinski definition) is 3. The summed E-state index contributed by atoms with van der Waals surface area (Å²) in [6, 6.07) is 7.32. The molecule has 142 valence electrons. The molecule has 0 saturated carbocycles. The standard InChI is InChI=1S/C23H24N4O/c1-13-6-11-19-20(18(12-24)21(13)25)16-4-2-3-5-17(16)22(27-19)14-7-9-15(10-8-14)23(26)28/h6-13,24H,2-5,25H2,1H3,(H2,26,28). The fourth-order valence-corrected chi connectivity index (χ4v) is 4.18. The minimum absolute atomic E-state index is 0.0586. The van der Waals surface area contributed by atoms with Crippen molar-refractivity contribution in [2.24, 2.45) is 17.4 Å². The van der Waals surface area contributed by atoms with E-state index >= 15 is 0 Å². The van der Waals surface area contributed by atoms with Gasteiger partial charge in [-0.15, -0.1) is 0 Å². The van der Waals surface area contributed by atoms with Gasteiger partial charge in [0.15, 0.2) is 0 Å². The third-order valence-electron chi connectivity index (χ3n) is 5.74. The van der Waals surface area contributed by atoms with Gasteiger partial charge >= 0.3 is 0 Å². The molecule has 28 heavy (non-hydrogen) atoms. The number of nitrogens with one attached hydrogen (secondary N) is 1. The number of allylic oxidation sites excluding steroid dienone is 2. The molecule has 2 aliphatic rings. The fraction of sp³-hybridized carbons (Fsp3) is 0.261. The van der Waals surface area contributed by atoms with Gasteiger partial charge in [-0.25, -0.2) is 4.98 Å². The molecular formula is C23H24N4O. The van der Waals surface area contributed by atoms with Gasteiger partial charge in [0.25, 0.3) is 0 Å². The summed E-state index contributed by atoms with van der Waals surface area (Å²) < 4.78 is 0. The lowest BCUT2D eigenvalue weighted by atomic mass is 9.82. The number of rotatable bonds is 3. The predicted octanol–water partition coefficient (Wildman–Crippen LogP) is 3.71. The summed E-state index contributed by atoms with van der Waals surface area (Å²) >= 11 is 0. The maximum atomic E-state index is 11.4. The van der Waals surface area contributed by atoms with Crippen LogP contribution >= 0.6 is 0 Å². The van der Waals surface area contributed by atoms with Crippen LogP contribution in [0.1, 0.15) is 52.5 Å². The van der Waals surface area contributed by atoms with E-state index in [2.05, 4.69) is 0 Å². The van der Waals surface area contributed by atoms with Gasteiger partial charge in [0, 0.05) is 40.1 Å². The van der Waals surface area contributed by atoms with Crippen molar-refractivity contribution >= 4 is 23.8 Å². The van der Waals surface area contributed by atoms with Crippen LogP contribution in [0, 0.1) is 11.3 Å². The molecule has 0 spiro atoms. The summed E-state index contributed by atoms with van der Waals surface area (Å²) in [5, 5.41) is 7.98. The summed E-state index contributed by atoms with van der Waals surface area (Å²) in [7, 11) is 0. The van der Waals surface area contributed by atoms with Crippen molar-refractivity contribution in [2.45, 2.75) is 32.6 Å². The number of nitrogens with two attached hydrogens (primary N) is 2. The van der Waals surface area contributed by atoms with Crippen molar-refractivity contribution in [1.29, 1.82) is 5.41 Å². The van der Waals surface area contributed by atoms with Crippen LogP contribution in [0.3, 0.4) is 0 Å². The van der Waals surface area contributed by atoms with Crippen molar-refractivity contribution in [3.63, 3.8) is 0 Å². The first kappa shape index (κ1) is 18.2. The molecule has 0 saturated heterocycles. The fourth-order valence-electron chi connectivity index (χ4n) is 4.18. The lowest BCUT2D eigenvalue weighted by Gasteiger charge is -2.25. The number of carbonyl (C=O) groups excluding carboxylic acids is 1. The molecule has 1 aromatic heterocycles. The Bertz CT molecular complexity index is 1030. The zero-order chi connectivity index (χ0) is 19.8. The van der Waals surface area contributed by atoms with E-state index in [1.54, 1.807) is 12.1 Å². The summed E-state index contributed by atoms with van der Waals surface area (Å²) in [4.78, 5) is 16.4. The highest BCUT2D eigenvalue weighted by Gasteiger charge is 2.26. The van der Waals surface area contributed by atoms with E-state index < -0.39 is 5.91 Å². The van der Waals surface area contributed by atoms with Crippen molar-refractivity contribution in [3.05, 3.63) is 64.0 Å². The molecule has 5 N–H and O–H groups in total. The van der Waals surface area contributed by atoms with Gasteiger partial charge < -0.3 is 16.9 Å². The molecule has 1 atom stereocenters. The third-order valence-corrected chi connectivity index (χ3v) is 5.74. The zero-order valence-electron chi connectivity index (χ0n) is 16.0. The molecule has 0 radical (unpaired) electrons. The Morgan fingerprint density at radius 1 is 1.18 bits per heavy atom. The minimum Gasteiger partial charge on any atom is -0.401 e. The third kappa shape index (κ3) is 2.93. The van der Waals surface area contributed by atoms with Crippen LogP contribution in [-0.4, -0.2) is 17.1 Å². The maximum Gasteiger partial charge on any atom is 0.248 e. The normalized spacial score (nSPS) is 18.2. The van der Waals surface area contributed by atoms with Crippen LogP contribution in [0.2, 0.25) is 0 Å². The molecule has 5 heteroatoms. The number of nitrogens with zero attached hydrogens (tertiary/aromatic N) is 1. The predicted molar refractivity (Wildman–Crippen MR) is 113 cm³/mol. The van der Waals surface area contributed by atoms with Crippen LogP contribution < -0.4 is 11.5 Å². The van der Waals surface area contributed by atoms with Gasteiger partial charge in [-0.3, -0.25) is 4.79 Å².